The summed E-state index contributed by atoms with van der Waals surface area (Å²) in [6, 6.07) is 0. The number of hydrogen-bond donors (Lipinski definition) is 0. The van der Waals surface area contributed by atoms with Gasteiger partial charge in [0.05, 0.1) is 18.3 Å². The van der Waals surface area contributed by atoms with E-state index in [9.17, 15) is 0 Å². The van der Waals surface area contributed by atoms with Gasteiger partial charge < -0.3 is 14.2 Å². The summed E-state index contributed by atoms with van der Waals surface area (Å²) in [7, 11) is 3.49. The molecule has 0 bridgehead atoms. The molecule has 3 heteroatoms. The Balaban J connectivity index is 4.47. The zero-order valence-electron chi connectivity index (χ0n) is 11.9. The van der Waals surface area contributed by atoms with E-state index in [0.29, 0.717) is 6.61 Å². The predicted molar refractivity (Wildman–Crippen MR) is 66.8 cm³/mol. The Bertz CT molecular complexity index is 188. The second kappa shape index (κ2) is 6.58. The molecule has 0 saturated carbocycles. The van der Waals surface area contributed by atoms with Gasteiger partial charge in [0.1, 0.15) is 0 Å². The minimum absolute atomic E-state index is 0.0312. The SMILES string of the molecule is CCOC[C@@H](OC)C(C)(C)CC(C)(C)OC. The van der Waals surface area contributed by atoms with Gasteiger partial charge >= 0.3 is 0 Å². The third-order valence-corrected chi connectivity index (χ3v) is 3.06. The van der Waals surface area contributed by atoms with Crippen LogP contribution in [-0.4, -0.2) is 39.1 Å². The summed E-state index contributed by atoms with van der Waals surface area (Å²) in [5.41, 5.74) is -0.101. The van der Waals surface area contributed by atoms with Gasteiger partial charge in [-0.15, -0.1) is 0 Å². The molecule has 0 aliphatic carbocycles. The summed E-state index contributed by atoms with van der Waals surface area (Å²) in [6.07, 6.45) is 1.03. The molecule has 0 aromatic rings. The van der Waals surface area contributed by atoms with Crippen LogP contribution in [0.3, 0.4) is 0 Å². The zero-order chi connectivity index (χ0) is 12.8. The molecule has 16 heavy (non-hydrogen) atoms. The molecule has 0 aromatic carbocycles. The molecule has 0 N–H and O–H groups in total. The molecule has 0 saturated heterocycles. The highest BCUT2D eigenvalue weighted by Crippen LogP contribution is 2.34. The van der Waals surface area contributed by atoms with Crippen molar-refractivity contribution in [3.8, 4) is 0 Å². The molecule has 0 radical (unpaired) electrons. The fraction of sp³-hybridized carbons (Fsp3) is 1.00. The van der Waals surface area contributed by atoms with Gasteiger partial charge in [0.15, 0.2) is 0 Å². The van der Waals surface area contributed by atoms with E-state index in [-0.39, 0.29) is 17.1 Å². The molecule has 0 rings (SSSR count). The zero-order valence-corrected chi connectivity index (χ0v) is 11.9. The molecular weight excluding hydrogens is 204 g/mol. The van der Waals surface area contributed by atoms with Crippen molar-refractivity contribution in [3.05, 3.63) is 0 Å². The van der Waals surface area contributed by atoms with E-state index >= 15 is 0 Å². The van der Waals surface area contributed by atoms with E-state index in [4.69, 9.17) is 14.2 Å². The Morgan fingerprint density at radius 2 is 1.62 bits per heavy atom. The van der Waals surface area contributed by atoms with Crippen molar-refractivity contribution < 1.29 is 14.2 Å². The maximum absolute atomic E-state index is 5.53. The van der Waals surface area contributed by atoms with Crippen molar-refractivity contribution in [2.75, 3.05) is 27.4 Å². The topological polar surface area (TPSA) is 27.7 Å². The molecule has 0 heterocycles. The van der Waals surface area contributed by atoms with Crippen LogP contribution in [0, 0.1) is 5.41 Å². The van der Waals surface area contributed by atoms with Crippen LogP contribution in [0.25, 0.3) is 0 Å². The minimum atomic E-state index is -0.132. The van der Waals surface area contributed by atoms with Crippen molar-refractivity contribution in [2.24, 2.45) is 5.41 Å². The molecule has 3 nitrogen and oxygen atoms in total. The van der Waals surface area contributed by atoms with Gasteiger partial charge in [-0.2, -0.15) is 0 Å². The van der Waals surface area contributed by atoms with E-state index in [1.165, 1.54) is 0 Å². The maximum Gasteiger partial charge on any atom is 0.0856 e. The van der Waals surface area contributed by atoms with E-state index in [1.54, 1.807) is 14.2 Å². The molecule has 0 fully saturated rings. The van der Waals surface area contributed by atoms with E-state index in [2.05, 4.69) is 27.7 Å². The molecule has 0 amide bonds. The van der Waals surface area contributed by atoms with E-state index < -0.39 is 0 Å². The Morgan fingerprint density at radius 3 is 2.00 bits per heavy atom. The van der Waals surface area contributed by atoms with Crippen molar-refractivity contribution in [1.29, 1.82) is 0 Å². The highest BCUT2D eigenvalue weighted by atomic mass is 16.5. The maximum atomic E-state index is 5.53. The lowest BCUT2D eigenvalue weighted by molar-refractivity contribution is -0.0899. The van der Waals surface area contributed by atoms with E-state index in [1.807, 2.05) is 6.92 Å². The summed E-state index contributed by atoms with van der Waals surface area (Å²) in [5, 5.41) is 0. The second-order valence-electron chi connectivity index (χ2n) is 5.51. The van der Waals surface area contributed by atoms with Crippen molar-refractivity contribution in [1.82, 2.24) is 0 Å². The standard InChI is InChI=1S/C13H28O3/c1-8-16-9-11(14-6)12(2,3)10-13(4,5)15-7/h11H,8-10H2,1-7H3/t11-/m1/s1. The predicted octanol–water partition coefficient (Wildman–Crippen LogP) is 2.88. The summed E-state index contributed by atoms with van der Waals surface area (Å²) in [6.45, 7) is 12.0. The molecular formula is C13H28O3. The molecule has 0 unspecified atom stereocenters. The third kappa shape index (κ3) is 5.28. The lowest BCUT2D eigenvalue weighted by Crippen LogP contribution is -2.41. The van der Waals surface area contributed by atoms with Gasteiger partial charge in [-0.25, -0.2) is 0 Å². The first kappa shape index (κ1) is 15.9. The lowest BCUT2D eigenvalue weighted by atomic mass is 9.77. The minimum Gasteiger partial charge on any atom is -0.379 e. The monoisotopic (exact) mass is 232 g/mol. The van der Waals surface area contributed by atoms with Crippen LogP contribution in [0.1, 0.15) is 41.0 Å². The van der Waals surface area contributed by atoms with Gasteiger partial charge in [-0.1, -0.05) is 13.8 Å². The smallest absolute Gasteiger partial charge is 0.0856 e. The quantitative estimate of drug-likeness (QED) is 0.644. The molecule has 0 aliphatic rings. The van der Waals surface area contributed by atoms with Crippen LogP contribution in [-0.2, 0) is 14.2 Å². The van der Waals surface area contributed by atoms with Crippen LogP contribution in [0.5, 0.6) is 0 Å². The van der Waals surface area contributed by atoms with Crippen molar-refractivity contribution in [3.63, 3.8) is 0 Å². The second-order valence-corrected chi connectivity index (χ2v) is 5.51. The molecule has 98 valence electrons. The number of rotatable bonds is 8. The normalized spacial score (nSPS) is 15.2. The summed E-state index contributed by atoms with van der Waals surface area (Å²) >= 11 is 0. The summed E-state index contributed by atoms with van der Waals surface area (Å²) in [5.74, 6) is 0. The van der Waals surface area contributed by atoms with Crippen molar-refractivity contribution in [2.45, 2.75) is 52.7 Å². The van der Waals surface area contributed by atoms with Gasteiger partial charge in [0, 0.05) is 20.8 Å². The lowest BCUT2D eigenvalue weighted by Gasteiger charge is -2.38. The number of ether oxygens (including phenoxy) is 3. The fourth-order valence-corrected chi connectivity index (χ4v) is 2.12. The number of hydrogen-bond acceptors (Lipinski definition) is 3. The molecule has 0 aromatic heterocycles. The van der Waals surface area contributed by atoms with Gasteiger partial charge in [0.2, 0.25) is 0 Å². The molecule has 1 atom stereocenters. The van der Waals surface area contributed by atoms with Gasteiger partial charge in [-0.05, 0) is 32.6 Å². The Hall–Kier alpha value is -0.120. The largest absolute Gasteiger partial charge is 0.379 e. The summed E-state index contributed by atoms with van der Waals surface area (Å²) in [4.78, 5) is 0. The van der Waals surface area contributed by atoms with Crippen LogP contribution in [0.2, 0.25) is 0 Å². The fourth-order valence-electron chi connectivity index (χ4n) is 2.12. The third-order valence-electron chi connectivity index (χ3n) is 3.06. The Labute approximate surface area is 100 Å². The average molecular weight is 232 g/mol. The molecule has 0 aliphatic heterocycles. The van der Waals surface area contributed by atoms with E-state index in [0.717, 1.165) is 13.0 Å². The van der Waals surface area contributed by atoms with Gasteiger partial charge in [-0.3, -0.25) is 0 Å². The average Bonchev–Trinajstić information content (AvgIpc) is 2.17. The highest BCUT2D eigenvalue weighted by Gasteiger charge is 2.35. The van der Waals surface area contributed by atoms with Gasteiger partial charge in [0.25, 0.3) is 0 Å². The molecule has 0 spiro atoms. The first-order valence-corrected chi connectivity index (χ1v) is 5.94. The first-order valence-electron chi connectivity index (χ1n) is 5.94. The number of methoxy groups -OCH3 is 2. The van der Waals surface area contributed by atoms with Crippen LogP contribution in [0.4, 0.5) is 0 Å². The van der Waals surface area contributed by atoms with Crippen LogP contribution in [0.15, 0.2) is 0 Å². The van der Waals surface area contributed by atoms with Crippen LogP contribution < -0.4 is 0 Å². The van der Waals surface area contributed by atoms with Crippen LogP contribution >= 0.6 is 0 Å². The Morgan fingerprint density at radius 1 is 1.06 bits per heavy atom. The summed E-state index contributed by atoms with van der Waals surface area (Å²) < 4.78 is 16.5. The Kier molecular flexibility index (Phi) is 6.53. The van der Waals surface area contributed by atoms with Crippen molar-refractivity contribution >= 4 is 0 Å². The first-order chi connectivity index (χ1) is 7.29. The highest BCUT2D eigenvalue weighted by molar-refractivity contribution is 4.86.